The molecule has 2 rings (SSSR count). The van der Waals surface area contributed by atoms with E-state index in [9.17, 15) is 4.39 Å². The second-order valence-electron chi connectivity index (χ2n) is 5.90. The van der Waals surface area contributed by atoms with Gasteiger partial charge in [0.1, 0.15) is 5.82 Å². The minimum atomic E-state index is -0.238. The van der Waals surface area contributed by atoms with Crippen LogP contribution in [-0.2, 0) is 5.41 Å². The van der Waals surface area contributed by atoms with Gasteiger partial charge in [0, 0.05) is 0 Å². The van der Waals surface area contributed by atoms with E-state index in [-0.39, 0.29) is 16.1 Å². The summed E-state index contributed by atoms with van der Waals surface area (Å²) in [4.78, 5) is 0.0631. The molecule has 1 unspecified atom stereocenters. The lowest BCUT2D eigenvalue weighted by Crippen LogP contribution is -2.15. The van der Waals surface area contributed by atoms with Crippen LogP contribution in [0.1, 0.15) is 48.7 Å². The van der Waals surface area contributed by atoms with E-state index in [4.69, 9.17) is 0 Å². The predicted molar refractivity (Wildman–Crippen MR) is 94.6 cm³/mol. The highest BCUT2D eigenvalue weighted by Crippen LogP contribution is 2.34. The Balaban J connectivity index is 2.27. The van der Waals surface area contributed by atoms with Gasteiger partial charge in [0.15, 0.2) is 0 Å². The highest BCUT2D eigenvalue weighted by molar-refractivity contribution is 9.10. The second-order valence-corrected chi connectivity index (χ2v) is 7.67. The third-order valence-electron chi connectivity index (χ3n) is 4.11. The molecule has 0 saturated carbocycles. The molecule has 0 spiro atoms. The Bertz CT molecular complexity index is 618. The Labute approximate surface area is 143 Å². The minimum Gasteiger partial charge on any atom is -0.206 e. The molecule has 0 bridgehead atoms. The minimum absolute atomic E-state index is 0.0631. The van der Waals surface area contributed by atoms with Gasteiger partial charge in [0.2, 0.25) is 0 Å². The number of hydrogen-bond donors (Lipinski definition) is 0. The van der Waals surface area contributed by atoms with Gasteiger partial charge in [-0.05, 0) is 56.6 Å². The summed E-state index contributed by atoms with van der Waals surface area (Å²) in [5, 5.41) is 0. The third kappa shape index (κ3) is 3.75. The lowest BCUT2D eigenvalue weighted by atomic mass is 9.82. The monoisotopic (exact) mass is 412 g/mol. The summed E-state index contributed by atoms with van der Waals surface area (Å²) in [5.41, 5.74) is 3.74. The average Bonchev–Trinajstić information content (AvgIpc) is 2.49. The van der Waals surface area contributed by atoms with Crippen LogP contribution >= 0.6 is 31.9 Å². The average molecular weight is 414 g/mol. The van der Waals surface area contributed by atoms with Crippen molar-refractivity contribution in [3.8, 4) is 0 Å². The van der Waals surface area contributed by atoms with E-state index >= 15 is 0 Å². The summed E-state index contributed by atoms with van der Waals surface area (Å²) in [5.74, 6) is -0.238. The van der Waals surface area contributed by atoms with E-state index in [1.54, 1.807) is 0 Å². The summed E-state index contributed by atoms with van der Waals surface area (Å²) in [6, 6.07) is 13.8. The number of benzene rings is 2. The summed E-state index contributed by atoms with van der Waals surface area (Å²) in [6.45, 7) is 6.71. The first-order chi connectivity index (χ1) is 9.85. The molecule has 0 heterocycles. The van der Waals surface area contributed by atoms with E-state index in [2.05, 4.69) is 76.9 Å². The molecule has 0 aliphatic rings. The van der Waals surface area contributed by atoms with Crippen LogP contribution in [0.25, 0.3) is 0 Å². The fourth-order valence-corrected chi connectivity index (χ4v) is 3.16. The Morgan fingerprint density at radius 3 is 2.14 bits per heavy atom. The Kier molecular flexibility index (Phi) is 5.26. The summed E-state index contributed by atoms with van der Waals surface area (Å²) >= 11 is 6.94. The van der Waals surface area contributed by atoms with Gasteiger partial charge in [-0.15, -0.1) is 0 Å². The molecule has 2 aromatic rings. The van der Waals surface area contributed by atoms with Crippen LogP contribution in [0.4, 0.5) is 4.39 Å². The Hall–Kier alpha value is -0.670. The van der Waals surface area contributed by atoms with Crippen molar-refractivity contribution >= 4 is 31.9 Å². The first-order valence-electron chi connectivity index (χ1n) is 7.04. The Morgan fingerprint density at radius 2 is 1.62 bits per heavy atom. The molecule has 0 aliphatic heterocycles. The number of halogens is 3. The van der Waals surface area contributed by atoms with Crippen molar-refractivity contribution in [3.05, 3.63) is 69.4 Å². The molecular weight excluding hydrogens is 395 g/mol. The fourth-order valence-electron chi connectivity index (χ4n) is 2.17. The van der Waals surface area contributed by atoms with Crippen molar-refractivity contribution < 1.29 is 4.39 Å². The molecule has 0 fully saturated rings. The molecular formula is C18H19Br2F. The van der Waals surface area contributed by atoms with Gasteiger partial charge in [-0.3, -0.25) is 0 Å². The van der Waals surface area contributed by atoms with Crippen molar-refractivity contribution in [1.29, 1.82) is 0 Å². The molecule has 0 N–H and O–H groups in total. The van der Waals surface area contributed by atoms with Crippen molar-refractivity contribution in [1.82, 2.24) is 0 Å². The lowest BCUT2D eigenvalue weighted by molar-refractivity contribution is 0.506. The normalized spacial score (nSPS) is 13.2. The number of hydrogen-bond acceptors (Lipinski definition) is 0. The summed E-state index contributed by atoms with van der Waals surface area (Å²) in [7, 11) is 0. The van der Waals surface area contributed by atoms with Crippen LogP contribution in [-0.4, -0.2) is 0 Å². The topological polar surface area (TPSA) is 0 Å². The summed E-state index contributed by atoms with van der Waals surface area (Å²) in [6.07, 6.45) is 1.11. The lowest BCUT2D eigenvalue weighted by Gasteiger charge is -2.24. The van der Waals surface area contributed by atoms with Gasteiger partial charge in [0.05, 0.1) is 9.30 Å². The van der Waals surface area contributed by atoms with Crippen LogP contribution in [0.3, 0.4) is 0 Å². The van der Waals surface area contributed by atoms with Gasteiger partial charge in [-0.25, -0.2) is 4.39 Å². The maximum absolute atomic E-state index is 13.3. The molecule has 1 atom stereocenters. The summed E-state index contributed by atoms with van der Waals surface area (Å²) < 4.78 is 13.8. The zero-order chi connectivity index (χ0) is 15.6. The third-order valence-corrected chi connectivity index (χ3v) is 5.77. The highest BCUT2D eigenvalue weighted by Gasteiger charge is 2.19. The van der Waals surface area contributed by atoms with E-state index in [1.807, 2.05) is 12.1 Å². The van der Waals surface area contributed by atoms with Gasteiger partial charge in [0.25, 0.3) is 0 Å². The standard InChI is InChI=1S/C18H19Br2F/c1-4-18(2,3)14-8-5-12(6-9-14)17(20)13-7-10-16(21)15(19)11-13/h5-11,17H,4H2,1-3H3. The van der Waals surface area contributed by atoms with Gasteiger partial charge < -0.3 is 0 Å². The van der Waals surface area contributed by atoms with E-state index in [1.165, 1.54) is 17.2 Å². The highest BCUT2D eigenvalue weighted by atomic mass is 79.9. The largest absolute Gasteiger partial charge is 0.206 e. The molecule has 3 heteroatoms. The van der Waals surface area contributed by atoms with Crippen molar-refractivity contribution in [3.63, 3.8) is 0 Å². The molecule has 0 amide bonds. The number of rotatable bonds is 4. The van der Waals surface area contributed by atoms with Crippen molar-refractivity contribution in [2.24, 2.45) is 0 Å². The Morgan fingerprint density at radius 1 is 1.05 bits per heavy atom. The van der Waals surface area contributed by atoms with E-state index < -0.39 is 0 Å². The molecule has 0 nitrogen and oxygen atoms in total. The van der Waals surface area contributed by atoms with Crippen molar-refractivity contribution in [2.45, 2.75) is 37.4 Å². The fraction of sp³-hybridized carbons (Fsp3) is 0.333. The van der Waals surface area contributed by atoms with E-state index in [0.717, 1.165) is 12.0 Å². The maximum Gasteiger partial charge on any atom is 0.137 e. The molecule has 112 valence electrons. The van der Waals surface area contributed by atoms with E-state index in [0.29, 0.717) is 4.47 Å². The quantitative estimate of drug-likeness (QED) is 0.485. The van der Waals surface area contributed by atoms with Gasteiger partial charge in [-0.2, -0.15) is 0 Å². The van der Waals surface area contributed by atoms with Gasteiger partial charge in [-0.1, -0.05) is 67.0 Å². The van der Waals surface area contributed by atoms with Crippen LogP contribution in [0.5, 0.6) is 0 Å². The van der Waals surface area contributed by atoms with Crippen LogP contribution in [0.2, 0.25) is 0 Å². The second kappa shape index (κ2) is 6.62. The molecule has 2 aromatic carbocycles. The molecule has 0 aromatic heterocycles. The molecule has 0 aliphatic carbocycles. The smallest absolute Gasteiger partial charge is 0.137 e. The van der Waals surface area contributed by atoms with Crippen LogP contribution in [0, 0.1) is 5.82 Å². The molecule has 21 heavy (non-hydrogen) atoms. The molecule has 0 saturated heterocycles. The van der Waals surface area contributed by atoms with Crippen LogP contribution < -0.4 is 0 Å². The first kappa shape index (κ1) is 16.7. The zero-order valence-electron chi connectivity index (χ0n) is 12.5. The maximum atomic E-state index is 13.3. The van der Waals surface area contributed by atoms with Crippen LogP contribution in [0.15, 0.2) is 46.9 Å². The first-order valence-corrected chi connectivity index (χ1v) is 8.75. The SMILES string of the molecule is CCC(C)(C)c1ccc(C(Br)c2ccc(F)c(Br)c2)cc1. The molecule has 0 radical (unpaired) electrons. The predicted octanol–water partition coefficient (Wildman–Crippen LogP) is 6.76. The van der Waals surface area contributed by atoms with Gasteiger partial charge >= 0.3 is 0 Å². The zero-order valence-corrected chi connectivity index (χ0v) is 15.6. The van der Waals surface area contributed by atoms with Crippen molar-refractivity contribution in [2.75, 3.05) is 0 Å². The number of alkyl halides is 1.